The Balaban J connectivity index is 1.99. The van der Waals surface area contributed by atoms with E-state index >= 15 is 0 Å². The first kappa shape index (κ1) is 8.85. The highest BCUT2D eigenvalue weighted by Crippen LogP contribution is 2.28. The molecule has 0 aliphatic carbocycles. The average Bonchev–Trinajstić information content (AvgIpc) is 2.17. The molecule has 2 aliphatic heterocycles. The van der Waals surface area contributed by atoms with Crippen molar-refractivity contribution in [1.29, 1.82) is 0 Å². The van der Waals surface area contributed by atoms with E-state index < -0.39 is 0 Å². The molecule has 0 radical (unpaired) electrons. The predicted molar refractivity (Wildman–Crippen MR) is 54.5 cm³/mol. The molecule has 0 amide bonds. The summed E-state index contributed by atoms with van der Waals surface area (Å²) >= 11 is 2.10. The third-order valence-electron chi connectivity index (χ3n) is 3.15. The molecule has 0 aromatic carbocycles. The molecule has 12 heavy (non-hydrogen) atoms. The second kappa shape index (κ2) is 3.99. The number of hydrogen-bond donors (Lipinski definition) is 1. The maximum Gasteiger partial charge on any atom is 0.0226 e. The Morgan fingerprint density at radius 2 is 2.33 bits per heavy atom. The molecular weight excluding hydrogens is 168 g/mol. The molecule has 2 rings (SSSR count). The van der Waals surface area contributed by atoms with Crippen molar-refractivity contribution in [3.05, 3.63) is 0 Å². The Kier molecular flexibility index (Phi) is 2.94. The van der Waals surface area contributed by atoms with Crippen molar-refractivity contribution >= 4 is 11.8 Å². The first-order valence-corrected chi connectivity index (χ1v) is 6.09. The SMILES string of the molecule is NCC1CCCN2CCSCC12. The van der Waals surface area contributed by atoms with E-state index in [1.54, 1.807) is 0 Å². The highest BCUT2D eigenvalue weighted by atomic mass is 32.2. The molecule has 3 heteroatoms. The van der Waals surface area contributed by atoms with Crippen LogP contribution in [0.5, 0.6) is 0 Å². The highest BCUT2D eigenvalue weighted by Gasteiger charge is 2.32. The van der Waals surface area contributed by atoms with E-state index in [1.165, 1.54) is 37.4 Å². The van der Waals surface area contributed by atoms with Gasteiger partial charge in [-0.2, -0.15) is 11.8 Å². The molecule has 0 aromatic rings. The van der Waals surface area contributed by atoms with Crippen molar-refractivity contribution < 1.29 is 0 Å². The van der Waals surface area contributed by atoms with Crippen LogP contribution >= 0.6 is 11.8 Å². The predicted octanol–water partition coefficient (Wildman–Crippen LogP) is 0.773. The zero-order valence-corrected chi connectivity index (χ0v) is 8.35. The number of thioether (sulfide) groups is 1. The van der Waals surface area contributed by atoms with Gasteiger partial charge in [0.15, 0.2) is 0 Å². The fraction of sp³-hybridized carbons (Fsp3) is 1.00. The molecule has 2 nitrogen and oxygen atoms in total. The summed E-state index contributed by atoms with van der Waals surface area (Å²) in [6, 6.07) is 0.808. The second-order valence-corrected chi connectivity index (χ2v) is 4.97. The standard InChI is InChI=1S/C9H18N2S/c10-6-8-2-1-3-11-4-5-12-7-9(8)11/h8-9H,1-7,10H2. The van der Waals surface area contributed by atoms with Crippen molar-refractivity contribution in [2.24, 2.45) is 11.7 Å². The summed E-state index contributed by atoms with van der Waals surface area (Å²) in [6.07, 6.45) is 2.72. The minimum Gasteiger partial charge on any atom is -0.330 e. The van der Waals surface area contributed by atoms with E-state index in [-0.39, 0.29) is 0 Å². The van der Waals surface area contributed by atoms with Crippen molar-refractivity contribution in [1.82, 2.24) is 4.90 Å². The lowest BCUT2D eigenvalue weighted by Crippen LogP contribution is -2.52. The van der Waals surface area contributed by atoms with Gasteiger partial charge in [0.1, 0.15) is 0 Å². The van der Waals surface area contributed by atoms with Crippen LogP contribution < -0.4 is 5.73 Å². The van der Waals surface area contributed by atoms with Gasteiger partial charge in [0, 0.05) is 24.1 Å². The lowest BCUT2D eigenvalue weighted by Gasteiger charge is -2.43. The van der Waals surface area contributed by atoms with Gasteiger partial charge in [-0.3, -0.25) is 4.90 Å². The molecule has 0 spiro atoms. The van der Waals surface area contributed by atoms with Crippen LogP contribution in [0, 0.1) is 5.92 Å². The quantitative estimate of drug-likeness (QED) is 0.656. The highest BCUT2D eigenvalue weighted by molar-refractivity contribution is 7.99. The molecule has 2 aliphatic rings. The fourth-order valence-electron chi connectivity index (χ4n) is 2.39. The van der Waals surface area contributed by atoms with Gasteiger partial charge in [0.25, 0.3) is 0 Å². The van der Waals surface area contributed by atoms with E-state index in [0.29, 0.717) is 0 Å². The van der Waals surface area contributed by atoms with Gasteiger partial charge in [-0.05, 0) is 31.8 Å². The molecular formula is C9H18N2S. The molecule has 2 saturated heterocycles. The van der Waals surface area contributed by atoms with Gasteiger partial charge in [-0.25, -0.2) is 0 Å². The van der Waals surface area contributed by atoms with Gasteiger partial charge in [-0.15, -0.1) is 0 Å². The van der Waals surface area contributed by atoms with E-state index in [2.05, 4.69) is 16.7 Å². The molecule has 2 atom stereocenters. The van der Waals surface area contributed by atoms with Crippen molar-refractivity contribution in [3.8, 4) is 0 Å². The van der Waals surface area contributed by atoms with Crippen LogP contribution in [0.3, 0.4) is 0 Å². The first-order chi connectivity index (χ1) is 5.92. The molecule has 2 N–H and O–H groups in total. The number of nitrogens with two attached hydrogens (primary N) is 1. The summed E-state index contributed by atoms with van der Waals surface area (Å²) in [5, 5.41) is 0. The zero-order chi connectivity index (χ0) is 8.39. The monoisotopic (exact) mass is 186 g/mol. The zero-order valence-electron chi connectivity index (χ0n) is 7.54. The van der Waals surface area contributed by atoms with Crippen molar-refractivity contribution in [2.45, 2.75) is 18.9 Å². The van der Waals surface area contributed by atoms with Crippen LogP contribution in [0.1, 0.15) is 12.8 Å². The van der Waals surface area contributed by atoms with Crippen LogP contribution in [0.25, 0.3) is 0 Å². The van der Waals surface area contributed by atoms with Gasteiger partial charge >= 0.3 is 0 Å². The Morgan fingerprint density at radius 3 is 3.17 bits per heavy atom. The molecule has 0 saturated carbocycles. The maximum atomic E-state index is 5.77. The van der Waals surface area contributed by atoms with Gasteiger partial charge < -0.3 is 5.73 Å². The Labute approximate surface area is 78.9 Å². The molecule has 70 valence electrons. The molecule has 0 aromatic heterocycles. The van der Waals surface area contributed by atoms with Crippen LogP contribution in [-0.2, 0) is 0 Å². The van der Waals surface area contributed by atoms with Crippen LogP contribution in [0.15, 0.2) is 0 Å². The van der Waals surface area contributed by atoms with Gasteiger partial charge in [0.05, 0.1) is 0 Å². The van der Waals surface area contributed by atoms with Crippen molar-refractivity contribution in [2.75, 3.05) is 31.1 Å². The van der Waals surface area contributed by atoms with Crippen LogP contribution in [-0.4, -0.2) is 42.1 Å². The summed E-state index contributed by atoms with van der Waals surface area (Å²) in [4.78, 5) is 2.65. The lowest BCUT2D eigenvalue weighted by atomic mass is 9.90. The molecule has 2 heterocycles. The summed E-state index contributed by atoms with van der Waals surface area (Å²) in [7, 11) is 0. The third-order valence-corrected chi connectivity index (χ3v) is 4.20. The van der Waals surface area contributed by atoms with Crippen LogP contribution in [0.4, 0.5) is 0 Å². The number of fused-ring (bicyclic) bond motifs is 1. The Hall–Kier alpha value is 0.270. The summed E-state index contributed by atoms with van der Waals surface area (Å²) < 4.78 is 0. The van der Waals surface area contributed by atoms with Gasteiger partial charge in [-0.1, -0.05) is 0 Å². The third kappa shape index (κ3) is 1.63. The van der Waals surface area contributed by atoms with Crippen molar-refractivity contribution in [3.63, 3.8) is 0 Å². The fourth-order valence-corrected chi connectivity index (χ4v) is 3.65. The molecule has 2 fully saturated rings. The number of piperidine rings is 1. The topological polar surface area (TPSA) is 29.3 Å². The van der Waals surface area contributed by atoms with E-state index in [9.17, 15) is 0 Å². The number of hydrogen-bond acceptors (Lipinski definition) is 3. The molecule has 2 unspecified atom stereocenters. The summed E-state index contributed by atoms with van der Waals surface area (Å²) in [5.74, 6) is 3.43. The maximum absolute atomic E-state index is 5.77. The second-order valence-electron chi connectivity index (χ2n) is 3.82. The minimum absolute atomic E-state index is 0.784. The number of nitrogens with zero attached hydrogens (tertiary/aromatic N) is 1. The largest absolute Gasteiger partial charge is 0.330 e. The first-order valence-electron chi connectivity index (χ1n) is 4.93. The minimum atomic E-state index is 0.784. The smallest absolute Gasteiger partial charge is 0.0226 e. The average molecular weight is 186 g/mol. The normalized spacial score (nSPS) is 37.8. The number of rotatable bonds is 1. The Bertz CT molecular complexity index is 143. The van der Waals surface area contributed by atoms with E-state index in [1.807, 2.05) is 0 Å². The van der Waals surface area contributed by atoms with Gasteiger partial charge in [0.2, 0.25) is 0 Å². The summed E-state index contributed by atoms with van der Waals surface area (Å²) in [6.45, 7) is 3.51. The lowest BCUT2D eigenvalue weighted by molar-refractivity contribution is 0.115. The van der Waals surface area contributed by atoms with Crippen LogP contribution in [0.2, 0.25) is 0 Å². The summed E-state index contributed by atoms with van der Waals surface area (Å²) in [5.41, 5.74) is 5.77. The van der Waals surface area contributed by atoms with E-state index in [0.717, 1.165) is 18.5 Å². The molecule has 0 bridgehead atoms. The Morgan fingerprint density at radius 1 is 1.42 bits per heavy atom. The van der Waals surface area contributed by atoms with E-state index in [4.69, 9.17) is 5.73 Å².